The smallest absolute Gasteiger partial charge is 0.454 e. The third-order valence-corrected chi connectivity index (χ3v) is 7.01. The quantitative estimate of drug-likeness (QED) is 0.482. The fraction of sp³-hybridized carbons (Fsp3) is 0.318. The summed E-state index contributed by atoms with van der Waals surface area (Å²) < 4.78 is 58.9. The van der Waals surface area contributed by atoms with Crippen LogP contribution in [0.15, 0.2) is 48.5 Å². The van der Waals surface area contributed by atoms with Crippen molar-refractivity contribution in [2.75, 3.05) is 17.7 Å². The monoisotopic (exact) mass is 498 g/mol. The maximum absolute atomic E-state index is 13.4. The van der Waals surface area contributed by atoms with E-state index in [9.17, 15) is 31.9 Å². The Labute approximate surface area is 195 Å². The Kier molecular flexibility index (Phi) is 6.43. The molecular formula is C22H18F4N2O5S. The van der Waals surface area contributed by atoms with Crippen LogP contribution in [-0.4, -0.2) is 47.4 Å². The van der Waals surface area contributed by atoms with Crippen LogP contribution in [0.4, 0.5) is 23.2 Å². The molecule has 2 aromatic carbocycles. The number of alkyl halides is 3. The van der Waals surface area contributed by atoms with Crippen molar-refractivity contribution in [1.82, 2.24) is 4.90 Å². The van der Waals surface area contributed by atoms with Crippen LogP contribution in [0.25, 0.3) is 0 Å². The first-order valence-electron chi connectivity index (χ1n) is 10.1. The van der Waals surface area contributed by atoms with Gasteiger partial charge in [0.2, 0.25) is 5.91 Å². The Balaban J connectivity index is 1.35. The standard InChI is InChI=1S/C22H18F4N2O5S/c23-14-3-1-13(2-4-14)21-10-9-19(30)28(21)17(12-34-21)20(31)32-11-18(29)27-15-5-7-16(8-6-15)33-22(24,25)26/h1-8,17H,9-12H2,(H,27,29)/t17-,21+/m0/s1. The molecular weight excluding hydrogens is 480 g/mol. The Morgan fingerprint density at radius 2 is 1.79 bits per heavy atom. The van der Waals surface area contributed by atoms with Crippen LogP contribution in [-0.2, 0) is 24.0 Å². The van der Waals surface area contributed by atoms with Crippen LogP contribution in [0.1, 0.15) is 18.4 Å². The number of nitrogens with one attached hydrogen (secondary N) is 1. The van der Waals surface area contributed by atoms with Gasteiger partial charge in [0.1, 0.15) is 22.5 Å². The molecule has 1 N–H and O–H groups in total. The highest BCUT2D eigenvalue weighted by Crippen LogP contribution is 2.54. The van der Waals surface area contributed by atoms with E-state index in [1.807, 2.05) is 0 Å². The van der Waals surface area contributed by atoms with Gasteiger partial charge in [-0.25, -0.2) is 9.18 Å². The Bertz CT molecular complexity index is 1090. The average molecular weight is 498 g/mol. The summed E-state index contributed by atoms with van der Waals surface area (Å²) in [4.78, 5) is 38.1. The minimum atomic E-state index is -4.83. The van der Waals surface area contributed by atoms with Crippen LogP contribution in [0.3, 0.4) is 0 Å². The second-order valence-corrected chi connectivity index (χ2v) is 8.91. The normalized spacial score (nSPS) is 21.8. The molecule has 12 heteroatoms. The summed E-state index contributed by atoms with van der Waals surface area (Å²) in [7, 11) is 0. The highest BCUT2D eigenvalue weighted by atomic mass is 32.2. The SMILES string of the molecule is O=C(COC(=O)[C@@H]1CS[C@@]2(c3ccc(F)cc3)CCC(=O)N12)Nc1ccc(OC(F)(F)F)cc1. The van der Waals surface area contributed by atoms with E-state index in [1.54, 1.807) is 12.1 Å². The van der Waals surface area contributed by atoms with Crippen LogP contribution in [0, 0.1) is 5.82 Å². The predicted molar refractivity (Wildman–Crippen MR) is 113 cm³/mol. The number of thioether (sulfide) groups is 1. The molecule has 4 rings (SSSR count). The topological polar surface area (TPSA) is 84.9 Å². The largest absolute Gasteiger partial charge is 0.573 e. The third-order valence-electron chi connectivity index (χ3n) is 5.41. The molecule has 0 spiro atoms. The average Bonchev–Trinajstić information content (AvgIpc) is 3.32. The highest BCUT2D eigenvalue weighted by molar-refractivity contribution is 8.00. The Hall–Kier alpha value is -3.28. The molecule has 2 aliphatic heterocycles. The Morgan fingerprint density at radius 3 is 2.44 bits per heavy atom. The number of amides is 2. The molecule has 34 heavy (non-hydrogen) atoms. The zero-order chi connectivity index (χ0) is 24.5. The lowest BCUT2D eigenvalue weighted by atomic mass is 10.0. The molecule has 180 valence electrons. The third kappa shape index (κ3) is 4.96. The van der Waals surface area contributed by atoms with E-state index in [2.05, 4.69) is 10.1 Å². The number of rotatable bonds is 6. The first-order chi connectivity index (χ1) is 16.1. The van der Waals surface area contributed by atoms with Gasteiger partial charge in [-0.3, -0.25) is 9.59 Å². The first kappa shape index (κ1) is 23.9. The van der Waals surface area contributed by atoms with Gasteiger partial charge in [-0.05, 0) is 48.4 Å². The number of hydrogen-bond donors (Lipinski definition) is 1. The number of benzene rings is 2. The van der Waals surface area contributed by atoms with Gasteiger partial charge in [0, 0.05) is 17.9 Å². The molecule has 2 aromatic rings. The number of carbonyl (C=O) groups is 3. The summed E-state index contributed by atoms with van der Waals surface area (Å²) in [5.74, 6) is -2.30. The minimum absolute atomic E-state index is 0.178. The number of nitrogens with zero attached hydrogens (tertiary/aromatic N) is 1. The van der Waals surface area contributed by atoms with E-state index < -0.39 is 47.3 Å². The summed E-state index contributed by atoms with van der Waals surface area (Å²) in [6.45, 7) is -0.646. The van der Waals surface area contributed by atoms with Crippen molar-refractivity contribution < 1.29 is 41.4 Å². The van der Waals surface area contributed by atoms with E-state index in [4.69, 9.17) is 4.74 Å². The van der Waals surface area contributed by atoms with Gasteiger partial charge in [-0.2, -0.15) is 0 Å². The maximum Gasteiger partial charge on any atom is 0.573 e. The van der Waals surface area contributed by atoms with Crippen molar-refractivity contribution in [3.8, 4) is 5.75 Å². The van der Waals surface area contributed by atoms with Gasteiger partial charge in [0.25, 0.3) is 5.91 Å². The van der Waals surface area contributed by atoms with E-state index in [-0.39, 0.29) is 23.8 Å². The highest BCUT2D eigenvalue weighted by Gasteiger charge is 2.57. The molecule has 2 saturated heterocycles. The predicted octanol–water partition coefficient (Wildman–Crippen LogP) is 3.80. The van der Waals surface area contributed by atoms with Crippen molar-refractivity contribution in [2.24, 2.45) is 0 Å². The van der Waals surface area contributed by atoms with E-state index in [1.165, 1.54) is 40.9 Å². The lowest BCUT2D eigenvalue weighted by Gasteiger charge is -2.33. The van der Waals surface area contributed by atoms with E-state index in [0.717, 1.165) is 12.1 Å². The fourth-order valence-electron chi connectivity index (χ4n) is 4.00. The number of ether oxygens (including phenoxy) is 2. The lowest BCUT2D eigenvalue weighted by Crippen LogP contribution is -2.47. The summed E-state index contributed by atoms with van der Waals surface area (Å²) in [6, 6.07) is 9.31. The van der Waals surface area contributed by atoms with Gasteiger partial charge in [0.15, 0.2) is 6.61 Å². The zero-order valence-corrected chi connectivity index (χ0v) is 18.2. The van der Waals surface area contributed by atoms with Gasteiger partial charge >= 0.3 is 12.3 Å². The van der Waals surface area contributed by atoms with Crippen LogP contribution >= 0.6 is 11.8 Å². The lowest BCUT2D eigenvalue weighted by molar-refractivity contribution is -0.274. The van der Waals surface area contributed by atoms with Crippen molar-refractivity contribution >= 4 is 35.2 Å². The van der Waals surface area contributed by atoms with Gasteiger partial charge in [-0.1, -0.05) is 12.1 Å². The second-order valence-electron chi connectivity index (χ2n) is 7.61. The molecule has 2 heterocycles. The maximum atomic E-state index is 13.4. The van der Waals surface area contributed by atoms with Crippen LogP contribution in [0.2, 0.25) is 0 Å². The summed E-state index contributed by atoms with van der Waals surface area (Å²) in [5, 5.41) is 2.40. The number of esters is 1. The molecule has 0 radical (unpaired) electrons. The van der Waals surface area contributed by atoms with Gasteiger partial charge < -0.3 is 19.7 Å². The first-order valence-corrected chi connectivity index (χ1v) is 11.1. The van der Waals surface area contributed by atoms with Crippen molar-refractivity contribution in [1.29, 1.82) is 0 Å². The van der Waals surface area contributed by atoms with E-state index >= 15 is 0 Å². The fourth-order valence-corrected chi connectivity index (χ4v) is 5.63. The van der Waals surface area contributed by atoms with Crippen LogP contribution < -0.4 is 10.1 Å². The molecule has 2 fully saturated rings. The molecule has 7 nitrogen and oxygen atoms in total. The number of halogens is 4. The van der Waals surface area contributed by atoms with Gasteiger partial charge in [-0.15, -0.1) is 24.9 Å². The molecule has 0 unspecified atom stereocenters. The molecule has 0 saturated carbocycles. The summed E-state index contributed by atoms with van der Waals surface area (Å²) in [5.41, 5.74) is 0.882. The molecule has 0 aromatic heterocycles. The Morgan fingerprint density at radius 1 is 1.12 bits per heavy atom. The summed E-state index contributed by atoms with van der Waals surface area (Å²) in [6.07, 6.45) is -4.15. The van der Waals surface area contributed by atoms with Crippen molar-refractivity contribution in [3.05, 3.63) is 59.9 Å². The van der Waals surface area contributed by atoms with E-state index in [0.29, 0.717) is 12.0 Å². The minimum Gasteiger partial charge on any atom is -0.454 e. The van der Waals surface area contributed by atoms with Crippen LogP contribution in [0.5, 0.6) is 5.75 Å². The molecule has 0 aliphatic carbocycles. The van der Waals surface area contributed by atoms with Gasteiger partial charge in [0.05, 0.1) is 0 Å². The number of fused-ring (bicyclic) bond motifs is 1. The molecule has 2 amide bonds. The number of carbonyl (C=O) groups excluding carboxylic acids is 3. The number of anilines is 1. The number of hydrogen-bond acceptors (Lipinski definition) is 6. The van der Waals surface area contributed by atoms with Crippen molar-refractivity contribution in [3.63, 3.8) is 0 Å². The zero-order valence-electron chi connectivity index (χ0n) is 17.4. The molecule has 0 bridgehead atoms. The summed E-state index contributed by atoms with van der Waals surface area (Å²) >= 11 is 1.39. The van der Waals surface area contributed by atoms with Crippen molar-refractivity contribution in [2.45, 2.75) is 30.1 Å². The molecule has 2 atom stereocenters. The second kappa shape index (κ2) is 9.16. The molecule has 2 aliphatic rings.